The summed E-state index contributed by atoms with van der Waals surface area (Å²) in [6.45, 7) is 19.3. The van der Waals surface area contributed by atoms with Gasteiger partial charge in [-0.05, 0) is 43.7 Å². The second kappa shape index (κ2) is 5.85. The van der Waals surface area contributed by atoms with Crippen LogP contribution in [0.15, 0.2) is 12.1 Å². The van der Waals surface area contributed by atoms with Crippen molar-refractivity contribution in [3.63, 3.8) is 0 Å². The van der Waals surface area contributed by atoms with Crippen LogP contribution in [0.1, 0.15) is 68.9 Å². The van der Waals surface area contributed by atoms with E-state index in [0.29, 0.717) is 5.75 Å². The monoisotopic (exact) mass is 370 g/mol. The Morgan fingerprint density at radius 1 is 0.923 bits per heavy atom. The highest BCUT2D eigenvalue weighted by Gasteiger charge is 2.28. The van der Waals surface area contributed by atoms with Crippen LogP contribution in [0.3, 0.4) is 0 Å². The molecule has 3 rings (SSSR count). The summed E-state index contributed by atoms with van der Waals surface area (Å²) in [5.41, 5.74) is 6.22. The summed E-state index contributed by atoms with van der Waals surface area (Å²) in [6.07, 6.45) is 0. The van der Waals surface area contributed by atoms with Crippen molar-refractivity contribution >= 4 is 16.3 Å². The normalized spacial score (nSPS) is 13.0. The molecule has 0 amide bonds. The van der Waals surface area contributed by atoms with E-state index in [1.165, 1.54) is 10.6 Å². The Morgan fingerprint density at radius 2 is 1.42 bits per heavy atom. The summed E-state index contributed by atoms with van der Waals surface area (Å²) < 4.78 is 2.26. The average Bonchev–Trinajstić information content (AvgIpc) is 2.93. The third kappa shape index (κ3) is 2.94. The fourth-order valence-electron chi connectivity index (χ4n) is 3.50. The molecule has 1 aromatic carbocycles. The minimum absolute atomic E-state index is 0.141. The molecule has 3 aromatic rings. The second-order valence-electron chi connectivity index (χ2n) is 9.33. The second-order valence-corrected chi connectivity index (χ2v) is 10.5. The van der Waals surface area contributed by atoms with E-state index in [2.05, 4.69) is 78.8 Å². The van der Waals surface area contributed by atoms with Gasteiger partial charge in [-0.3, -0.25) is 4.40 Å². The number of hydrogen-bond donors (Lipinski definition) is 1. The topological polar surface area (TPSA) is 37.5 Å². The number of phenols is 1. The molecule has 0 unspecified atom stereocenters. The fraction of sp³-hybridized carbons (Fsp3) is 0.500. The van der Waals surface area contributed by atoms with Crippen molar-refractivity contribution in [2.45, 2.75) is 73.1 Å². The molecule has 0 saturated heterocycles. The zero-order chi connectivity index (χ0) is 19.6. The molecule has 140 valence electrons. The molecule has 2 aromatic heterocycles. The highest BCUT2D eigenvalue weighted by Crippen LogP contribution is 2.43. The maximum absolute atomic E-state index is 11.0. The van der Waals surface area contributed by atoms with Gasteiger partial charge in [0.05, 0.1) is 11.4 Å². The average molecular weight is 371 g/mol. The maximum atomic E-state index is 11.0. The maximum Gasteiger partial charge on any atom is 0.194 e. The van der Waals surface area contributed by atoms with Crippen LogP contribution in [0.5, 0.6) is 5.75 Å². The lowest BCUT2D eigenvalue weighted by Gasteiger charge is -2.28. The Balaban J connectivity index is 2.42. The van der Waals surface area contributed by atoms with Gasteiger partial charge in [0.1, 0.15) is 5.75 Å². The molecule has 2 heterocycles. The minimum Gasteiger partial charge on any atom is -0.507 e. The number of phenolic OH excluding ortho intramolecular Hbond substituents is 1. The molecule has 1 N–H and O–H groups in total. The Labute approximate surface area is 160 Å². The van der Waals surface area contributed by atoms with Crippen LogP contribution >= 0.6 is 11.3 Å². The molecule has 0 fully saturated rings. The molecule has 0 aliphatic carbocycles. The lowest BCUT2D eigenvalue weighted by Crippen LogP contribution is -2.17. The number of aromatic hydroxyl groups is 1. The van der Waals surface area contributed by atoms with Crippen molar-refractivity contribution in [2.24, 2.45) is 0 Å². The zero-order valence-corrected chi connectivity index (χ0v) is 18.2. The van der Waals surface area contributed by atoms with E-state index >= 15 is 0 Å². The number of rotatable bonds is 1. The largest absolute Gasteiger partial charge is 0.507 e. The third-order valence-corrected chi connectivity index (χ3v) is 6.17. The van der Waals surface area contributed by atoms with E-state index in [1.807, 2.05) is 0 Å². The molecule has 0 aliphatic heterocycles. The molecular weight excluding hydrogens is 340 g/mol. The van der Waals surface area contributed by atoms with Gasteiger partial charge in [0.25, 0.3) is 0 Å². The van der Waals surface area contributed by atoms with Gasteiger partial charge in [0, 0.05) is 27.3 Å². The predicted molar refractivity (Wildman–Crippen MR) is 112 cm³/mol. The van der Waals surface area contributed by atoms with Crippen molar-refractivity contribution in [1.29, 1.82) is 0 Å². The van der Waals surface area contributed by atoms with Crippen molar-refractivity contribution in [3.05, 3.63) is 39.5 Å². The van der Waals surface area contributed by atoms with E-state index in [1.54, 1.807) is 11.3 Å². The number of imidazole rings is 1. The van der Waals surface area contributed by atoms with E-state index in [-0.39, 0.29) is 10.8 Å². The van der Waals surface area contributed by atoms with Gasteiger partial charge < -0.3 is 5.11 Å². The van der Waals surface area contributed by atoms with Crippen LogP contribution in [-0.2, 0) is 10.8 Å². The summed E-state index contributed by atoms with van der Waals surface area (Å²) >= 11 is 1.73. The molecule has 0 radical (unpaired) electrons. The van der Waals surface area contributed by atoms with E-state index in [0.717, 1.165) is 33.0 Å². The standard InChI is InChI=1S/C22H30N2OS/c1-12-18(24-13(2)14(3)26-20(24)23-12)15-10-16(21(4,5)6)19(25)17(11-15)22(7,8)9/h10-11,25H,1-9H3. The van der Waals surface area contributed by atoms with Crippen LogP contribution < -0.4 is 0 Å². The van der Waals surface area contributed by atoms with Gasteiger partial charge in [0.15, 0.2) is 4.96 Å². The first kappa shape index (κ1) is 19.0. The van der Waals surface area contributed by atoms with Crippen molar-refractivity contribution in [3.8, 4) is 17.0 Å². The van der Waals surface area contributed by atoms with Crippen molar-refractivity contribution in [2.75, 3.05) is 0 Å². The highest BCUT2D eigenvalue weighted by atomic mass is 32.1. The molecule has 3 nitrogen and oxygen atoms in total. The lowest BCUT2D eigenvalue weighted by molar-refractivity contribution is 0.423. The van der Waals surface area contributed by atoms with Crippen LogP contribution in [0.4, 0.5) is 0 Å². The molecule has 0 bridgehead atoms. The lowest BCUT2D eigenvalue weighted by atomic mass is 9.78. The van der Waals surface area contributed by atoms with E-state index in [9.17, 15) is 5.11 Å². The fourth-order valence-corrected chi connectivity index (χ4v) is 4.52. The summed E-state index contributed by atoms with van der Waals surface area (Å²) in [5.74, 6) is 0.422. The molecule has 0 spiro atoms. The molecule has 4 heteroatoms. The van der Waals surface area contributed by atoms with Gasteiger partial charge in [-0.1, -0.05) is 41.5 Å². The SMILES string of the molecule is Cc1nc2sc(C)c(C)n2c1-c1cc(C(C)(C)C)c(O)c(C(C)(C)C)c1. The van der Waals surface area contributed by atoms with Crippen LogP contribution in [0.2, 0.25) is 0 Å². The minimum atomic E-state index is -0.141. The first-order valence-corrected chi connectivity index (χ1v) is 9.97. The summed E-state index contributed by atoms with van der Waals surface area (Å²) in [7, 11) is 0. The molecule has 0 atom stereocenters. The Hall–Kier alpha value is -1.81. The van der Waals surface area contributed by atoms with Crippen LogP contribution in [-0.4, -0.2) is 14.5 Å². The quantitative estimate of drug-likeness (QED) is 0.546. The molecule has 26 heavy (non-hydrogen) atoms. The Bertz CT molecular complexity index is 959. The van der Waals surface area contributed by atoms with Crippen LogP contribution in [0, 0.1) is 20.8 Å². The Kier molecular flexibility index (Phi) is 4.27. The number of aryl methyl sites for hydroxylation is 3. The number of fused-ring (bicyclic) bond motifs is 1. The molecular formula is C22H30N2OS. The number of nitrogens with zero attached hydrogens (tertiary/aromatic N) is 2. The van der Waals surface area contributed by atoms with Gasteiger partial charge >= 0.3 is 0 Å². The Morgan fingerprint density at radius 3 is 1.88 bits per heavy atom. The van der Waals surface area contributed by atoms with E-state index in [4.69, 9.17) is 4.98 Å². The first-order valence-electron chi connectivity index (χ1n) is 9.15. The first-order chi connectivity index (χ1) is 11.8. The van der Waals surface area contributed by atoms with Crippen molar-refractivity contribution in [1.82, 2.24) is 9.38 Å². The van der Waals surface area contributed by atoms with Gasteiger partial charge in [-0.15, -0.1) is 11.3 Å². The third-order valence-electron chi connectivity index (χ3n) is 5.11. The number of benzene rings is 1. The number of thiazole rings is 1. The smallest absolute Gasteiger partial charge is 0.194 e. The number of hydrogen-bond acceptors (Lipinski definition) is 3. The highest BCUT2D eigenvalue weighted by molar-refractivity contribution is 7.17. The summed E-state index contributed by atoms with van der Waals surface area (Å²) in [5, 5.41) is 11.0. The molecule has 0 saturated carbocycles. The van der Waals surface area contributed by atoms with Gasteiger partial charge in [0.2, 0.25) is 0 Å². The molecule has 0 aliphatic rings. The van der Waals surface area contributed by atoms with Crippen LogP contribution in [0.25, 0.3) is 16.2 Å². The van der Waals surface area contributed by atoms with E-state index < -0.39 is 0 Å². The zero-order valence-electron chi connectivity index (χ0n) is 17.4. The van der Waals surface area contributed by atoms with Gasteiger partial charge in [-0.2, -0.15) is 0 Å². The number of aromatic nitrogens is 2. The summed E-state index contributed by atoms with van der Waals surface area (Å²) in [6, 6.07) is 4.29. The summed E-state index contributed by atoms with van der Waals surface area (Å²) in [4.78, 5) is 7.12. The van der Waals surface area contributed by atoms with Crippen molar-refractivity contribution < 1.29 is 5.11 Å². The van der Waals surface area contributed by atoms with Gasteiger partial charge in [-0.25, -0.2) is 4.98 Å². The predicted octanol–water partition coefficient (Wildman–Crippen LogP) is 6.29.